The van der Waals surface area contributed by atoms with E-state index >= 15 is 0 Å². The van der Waals surface area contributed by atoms with E-state index < -0.39 is 0 Å². The molecule has 3 nitrogen and oxygen atoms in total. The minimum Gasteiger partial charge on any atom is -0.341 e. The molecule has 1 unspecified atom stereocenters. The van der Waals surface area contributed by atoms with Gasteiger partial charge >= 0.3 is 0 Å². The normalized spacial score (nSPS) is 12.9. The third-order valence-corrected chi connectivity index (χ3v) is 3.05. The number of aromatic nitrogens is 2. The Morgan fingerprint density at radius 2 is 1.80 bits per heavy atom. The van der Waals surface area contributed by atoms with Crippen LogP contribution in [0, 0.1) is 5.92 Å². The highest BCUT2D eigenvalue weighted by Gasteiger charge is 2.15. The molecule has 1 atom stereocenters. The molecule has 0 saturated heterocycles. The molecule has 84 valence electrons. The Balaban J connectivity index is 2.78. The number of alkyl halides is 1. The van der Waals surface area contributed by atoms with Gasteiger partial charge in [0.05, 0.1) is 5.88 Å². The average Bonchev–Trinajstić information content (AvgIpc) is 2.27. The molecule has 15 heavy (non-hydrogen) atoms. The highest BCUT2D eigenvalue weighted by molar-refractivity contribution is 6.17. The monoisotopic (exact) mass is 227 g/mol. The summed E-state index contributed by atoms with van der Waals surface area (Å²) in [6, 6.07) is 0.423. The molecule has 1 rings (SSSR count). The first-order chi connectivity index (χ1) is 7.06. The third-order valence-electron chi connectivity index (χ3n) is 2.74. The van der Waals surface area contributed by atoms with Gasteiger partial charge in [0, 0.05) is 31.0 Å². The number of nitrogens with zero attached hydrogens (tertiary/aromatic N) is 3. The van der Waals surface area contributed by atoms with Crippen LogP contribution in [0.3, 0.4) is 0 Å². The molecule has 1 aromatic heterocycles. The predicted molar refractivity (Wildman–Crippen MR) is 64.3 cm³/mol. The Hall–Kier alpha value is -0.830. The Morgan fingerprint density at radius 3 is 2.20 bits per heavy atom. The van der Waals surface area contributed by atoms with Crippen molar-refractivity contribution in [3.05, 3.63) is 18.0 Å². The molecule has 0 N–H and O–H groups in total. The summed E-state index contributed by atoms with van der Waals surface area (Å²) < 4.78 is 0. The molecule has 0 aliphatic rings. The van der Waals surface area contributed by atoms with Crippen molar-refractivity contribution in [2.75, 3.05) is 11.9 Å². The first kappa shape index (κ1) is 12.2. The Kier molecular flexibility index (Phi) is 4.33. The molecule has 0 amide bonds. The van der Waals surface area contributed by atoms with E-state index in [9.17, 15) is 0 Å². The lowest BCUT2D eigenvalue weighted by Gasteiger charge is -2.27. The van der Waals surface area contributed by atoms with Gasteiger partial charge in [0.15, 0.2) is 0 Å². The molecule has 0 saturated carbocycles. The smallest absolute Gasteiger partial charge is 0.225 e. The van der Waals surface area contributed by atoms with Crippen molar-refractivity contribution in [3.63, 3.8) is 0 Å². The summed E-state index contributed by atoms with van der Waals surface area (Å²) >= 11 is 5.68. The summed E-state index contributed by atoms with van der Waals surface area (Å²) in [5.41, 5.74) is 0.950. The zero-order valence-electron chi connectivity index (χ0n) is 9.74. The highest BCUT2D eigenvalue weighted by Crippen LogP contribution is 2.14. The van der Waals surface area contributed by atoms with Gasteiger partial charge in [0.25, 0.3) is 0 Å². The second-order valence-electron chi connectivity index (χ2n) is 4.12. The lowest BCUT2D eigenvalue weighted by molar-refractivity contribution is 0.499. The number of hydrogen-bond donors (Lipinski definition) is 0. The van der Waals surface area contributed by atoms with Gasteiger partial charge in [-0.05, 0) is 12.8 Å². The van der Waals surface area contributed by atoms with Crippen molar-refractivity contribution in [1.29, 1.82) is 0 Å². The lowest BCUT2D eigenvalue weighted by Crippen LogP contribution is -2.34. The zero-order chi connectivity index (χ0) is 11.4. The number of halogens is 1. The maximum atomic E-state index is 5.68. The van der Waals surface area contributed by atoms with Crippen LogP contribution in [0.1, 0.15) is 26.3 Å². The SMILES string of the molecule is CC(C)C(C)N(C)c1ncc(CCl)cn1. The summed E-state index contributed by atoms with van der Waals surface area (Å²) in [7, 11) is 2.01. The van der Waals surface area contributed by atoms with Gasteiger partial charge in [-0.1, -0.05) is 13.8 Å². The van der Waals surface area contributed by atoms with Crippen LogP contribution in [0.2, 0.25) is 0 Å². The van der Waals surface area contributed by atoms with Gasteiger partial charge in [-0.3, -0.25) is 0 Å². The fourth-order valence-electron chi connectivity index (χ4n) is 1.23. The molecular formula is C11H18ClN3. The zero-order valence-corrected chi connectivity index (χ0v) is 10.5. The van der Waals surface area contributed by atoms with E-state index in [1.54, 1.807) is 12.4 Å². The van der Waals surface area contributed by atoms with E-state index in [0.29, 0.717) is 17.8 Å². The van der Waals surface area contributed by atoms with Gasteiger partial charge in [0.1, 0.15) is 0 Å². The molecule has 1 aromatic rings. The second kappa shape index (κ2) is 5.31. The molecule has 0 aliphatic carbocycles. The van der Waals surface area contributed by atoms with Crippen molar-refractivity contribution in [2.24, 2.45) is 5.92 Å². The summed E-state index contributed by atoms with van der Waals surface area (Å²) in [6.07, 6.45) is 3.55. The minimum absolute atomic E-state index is 0.423. The van der Waals surface area contributed by atoms with Crippen LogP contribution in [-0.2, 0) is 5.88 Å². The minimum atomic E-state index is 0.423. The topological polar surface area (TPSA) is 29.0 Å². The maximum absolute atomic E-state index is 5.68. The summed E-state index contributed by atoms with van der Waals surface area (Å²) in [5.74, 6) is 1.79. The average molecular weight is 228 g/mol. The fraction of sp³-hybridized carbons (Fsp3) is 0.636. The first-order valence-corrected chi connectivity index (χ1v) is 5.69. The van der Waals surface area contributed by atoms with E-state index in [0.717, 1.165) is 11.5 Å². The predicted octanol–water partition coefficient (Wildman–Crippen LogP) is 2.70. The van der Waals surface area contributed by atoms with Crippen molar-refractivity contribution in [1.82, 2.24) is 9.97 Å². The molecule has 0 fully saturated rings. The third kappa shape index (κ3) is 3.06. The molecule has 0 radical (unpaired) electrons. The van der Waals surface area contributed by atoms with E-state index in [1.165, 1.54) is 0 Å². The highest BCUT2D eigenvalue weighted by atomic mass is 35.5. The van der Waals surface area contributed by atoms with Gasteiger partial charge in [-0.15, -0.1) is 11.6 Å². The van der Waals surface area contributed by atoms with Crippen LogP contribution in [0.5, 0.6) is 0 Å². The van der Waals surface area contributed by atoms with Crippen LogP contribution in [0.15, 0.2) is 12.4 Å². The van der Waals surface area contributed by atoms with Crippen molar-refractivity contribution >= 4 is 17.5 Å². The van der Waals surface area contributed by atoms with Gasteiger partial charge in [-0.2, -0.15) is 0 Å². The van der Waals surface area contributed by atoms with Crippen molar-refractivity contribution < 1.29 is 0 Å². The van der Waals surface area contributed by atoms with Crippen LogP contribution in [0.4, 0.5) is 5.95 Å². The standard InChI is InChI=1S/C11H18ClN3/c1-8(2)9(3)15(4)11-13-6-10(5-12)7-14-11/h6-9H,5H2,1-4H3. The quantitative estimate of drug-likeness (QED) is 0.741. The lowest BCUT2D eigenvalue weighted by atomic mass is 10.1. The molecule has 0 bridgehead atoms. The summed E-state index contributed by atoms with van der Waals surface area (Å²) in [6.45, 7) is 6.55. The van der Waals surface area contributed by atoms with Gasteiger partial charge in [0.2, 0.25) is 5.95 Å². The van der Waals surface area contributed by atoms with E-state index in [-0.39, 0.29) is 0 Å². The van der Waals surface area contributed by atoms with Crippen LogP contribution < -0.4 is 4.90 Å². The van der Waals surface area contributed by atoms with E-state index in [1.807, 2.05) is 7.05 Å². The summed E-state index contributed by atoms with van der Waals surface area (Å²) in [5, 5.41) is 0. The Bertz CT molecular complexity index is 297. The molecule has 4 heteroatoms. The van der Waals surface area contributed by atoms with Gasteiger partial charge < -0.3 is 4.90 Å². The van der Waals surface area contributed by atoms with E-state index in [4.69, 9.17) is 11.6 Å². The number of anilines is 1. The second-order valence-corrected chi connectivity index (χ2v) is 4.39. The molecule has 1 heterocycles. The summed E-state index contributed by atoms with van der Waals surface area (Å²) in [4.78, 5) is 10.7. The van der Waals surface area contributed by atoms with Crippen LogP contribution >= 0.6 is 11.6 Å². The van der Waals surface area contributed by atoms with Crippen molar-refractivity contribution in [3.8, 4) is 0 Å². The number of hydrogen-bond acceptors (Lipinski definition) is 3. The van der Waals surface area contributed by atoms with E-state index in [2.05, 4.69) is 35.6 Å². The molecule has 0 aliphatic heterocycles. The van der Waals surface area contributed by atoms with Crippen LogP contribution in [-0.4, -0.2) is 23.1 Å². The van der Waals surface area contributed by atoms with Crippen molar-refractivity contribution in [2.45, 2.75) is 32.7 Å². The fourth-order valence-corrected chi connectivity index (χ4v) is 1.37. The maximum Gasteiger partial charge on any atom is 0.225 e. The Morgan fingerprint density at radius 1 is 1.27 bits per heavy atom. The molecular weight excluding hydrogens is 210 g/mol. The molecule has 0 spiro atoms. The van der Waals surface area contributed by atoms with Crippen LogP contribution in [0.25, 0.3) is 0 Å². The number of rotatable bonds is 4. The Labute approximate surface area is 96.5 Å². The molecule has 0 aromatic carbocycles. The first-order valence-electron chi connectivity index (χ1n) is 5.16. The largest absolute Gasteiger partial charge is 0.341 e. The van der Waals surface area contributed by atoms with Gasteiger partial charge in [-0.25, -0.2) is 9.97 Å².